The molecule has 0 saturated carbocycles. The molecule has 2 aromatic rings. The quantitative estimate of drug-likeness (QED) is 0.760. The Hall–Kier alpha value is -2.89. The fourth-order valence-corrected chi connectivity index (χ4v) is 3.65. The highest BCUT2D eigenvalue weighted by Gasteiger charge is 2.21. The van der Waals surface area contributed by atoms with Crippen LogP contribution in [-0.4, -0.2) is 34.8 Å². The van der Waals surface area contributed by atoms with Crippen molar-refractivity contribution in [3.63, 3.8) is 0 Å². The lowest BCUT2D eigenvalue weighted by molar-refractivity contribution is -0.128. The highest BCUT2D eigenvalue weighted by Crippen LogP contribution is 2.20. The van der Waals surface area contributed by atoms with Gasteiger partial charge in [0.2, 0.25) is 5.91 Å². The molecular weight excluding hydrogens is 369 g/mol. The molecule has 29 heavy (non-hydrogen) atoms. The van der Waals surface area contributed by atoms with Gasteiger partial charge in [0.05, 0.1) is 6.04 Å². The lowest BCUT2D eigenvalue weighted by atomic mass is 10.1. The summed E-state index contributed by atoms with van der Waals surface area (Å²) in [6.07, 6.45) is 1.58. The Morgan fingerprint density at radius 1 is 1.14 bits per heavy atom. The van der Waals surface area contributed by atoms with E-state index in [4.69, 9.17) is 0 Å². The molecule has 1 fully saturated rings. The summed E-state index contributed by atoms with van der Waals surface area (Å²) in [6.45, 7) is 6.31. The van der Waals surface area contributed by atoms with E-state index < -0.39 is 0 Å². The molecule has 3 rings (SSSR count). The molecule has 1 heterocycles. The number of likely N-dealkylation sites (tertiary alicyclic amines) is 1. The van der Waals surface area contributed by atoms with Crippen LogP contribution < -0.4 is 5.32 Å². The normalized spacial score (nSPS) is 14.7. The number of amides is 3. The molecule has 0 bridgehead atoms. The zero-order valence-electron chi connectivity index (χ0n) is 17.0. The van der Waals surface area contributed by atoms with Gasteiger partial charge in [-0.05, 0) is 49.1 Å². The second kappa shape index (κ2) is 9.54. The summed E-state index contributed by atoms with van der Waals surface area (Å²) in [6, 6.07) is 13.9. The first kappa shape index (κ1) is 20.8. The minimum atomic E-state index is -0.286. The molecule has 0 aromatic heterocycles. The Balaban J connectivity index is 1.54. The number of carbonyl (C=O) groups excluding carboxylic acids is 2. The van der Waals surface area contributed by atoms with Crippen LogP contribution in [0.3, 0.4) is 0 Å². The summed E-state index contributed by atoms with van der Waals surface area (Å²) in [4.78, 5) is 28.0. The van der Waals surface area contributed by atoms with Gasteiger partial charge in [0, 0.05) is 32.6 Å². The van der Waals surface area contributed by atoms with E-state index in [2.05, 4.69) is 5.32 Å². The minimum absolute atomic E-state index is 0.152. The molecule has 1 aliphatic heterocycles. The van der Waals surface area contributed by atoms with Crippen molar-refractivity contribution in [2.75, 3.05) is 13.1 Å². The van der Waals surface area contributed by atoms with Gasteiger partial charge in [-0.15, -0.1) is 0 Å². The van der Waals surface area contributed by atoms with Crippen LogP contribution in [0.1, 0.15) is 49.4 Å². The predicted molar refractivity (Wildman–Crippen MR) is 111 cm³/mol. The van der Waals surface area contributed by atoms with Gasteiger partial charge in [0.25, 0.3) is 0 Å². The van der Waals surface area contributed by atoms with Gasteiger partial charge in [-0.1, -0.05) is 36.4 Å². The van der Waals surface area contributed by atoms with Gasteiger partial charge in [-0.2, -0.15) is 0 Å². The van der Waals surface area contributed by atoms with E-state index in [1.807, 2.05) is 43.0 Å². The minimum Gasteiger partial charge on any atom is -0.338 e. The number of hydrogen-bond acceptors (Lipinski definition) is 2. The summed E-state index contributed by atoms with van der Waals surface area (Å²) in [5.74, 6) is -0.0673. The Kier molecular flexibility index (Phi) is 6.86. The van der Waals surface area contributed by atoms with E-state index in [0.717, 1.165) is 29.7 Å². The molecule has 1 N–H and O–H groups in total. The van der Waals surface area contributed by atoms with E-state index in [9.17, 15) is 14.0 Å². The van der Waals surface area contributed by atoms with Crippen LogP contribution in [0.2, 0.25) is 0 Å². The summed E-state index contributed by atoms with van der Waals surface area (Å²) >= 11 is 0. The van der Waals surface area contributed by atoms with Crippen LogP contribution >= 0.6 is 0 Å². The maximum atomic E-state index is 13.1. The lowest BCUT2D eigenvalue weighted by Gasteiger charge is -2.28. The first-order valence-electron chi connectivity index (χ1n) is 10.1. The molecule has 1 atom stereocenters. The van der Waals surface area contributed by atoms with E-state index in [1.165, 1.54) is 12.1 Å². The SMILES string of the molecule is CCN(C(=O)NCc1ccc(CN2CCCC2=O)cc1)C(C)c1ccc(F)cc1. The number of rotatable bonds is 7. The number of halogens is 1. The third kappa shape index (κ3) is 5.34. The number of hydrogen-bond donors (Lipinski definition) is 1. The van der Waals surface area contributed by atoms with Gasteiger partial charge in [0.1, 0.15) is 5.82 Å². The topological polar surface area (TPSA) is 52.7 Å². The first-order valence-corrected chi connectivity index (χ1v) is 10.1. The zero-order valence-corrected chi connectivity index (χ0v) is 17.0. The molecule has 6 heteroatoms. The van der Waals surface area contributed by atoms with Gasteiger partial charge < -0.3 is 15.1 Å². The van der Waals surface area contributed by atoms with E-state index in [0.29, 0.717) is 26.1 Å². The van der Waals surface area contributed by atoms with Crippen molar-refractivity contribution in [3.8, 4) is 0 Å². The highest BCUT2D eigenvalue weighted by molar-refractivity contribution is 5.78. The zero-order chi connectivity index (χ0) is 20.8. The Bertz CT molecular complexity index is 836. The van der Waals surface area contributed by atoms with Crippen LogP contribution in [0.4, 0.5) is 9.18 Å². The molecular formula is C23H28FN3O2. The number of carbonyl (C=O) groups is 2. The molecule has 154 valence electrons. The van der Waals surface area contributed by atoms with Gasteiger partial charge in [0.15, 0.2) is 0 Å². The summed E-state index contributed by atoms with van der Waals surface area (Å²) < 4.78 is 13.1. The molecule has 0 radical (unpaired) electrons. The van der Waals surface area contributed by atoms with Crippen LogP contribution in [0.15, 0.2) is 48.5 Å². The molecule has 5 nitrogen and oxygen atoms in total. The van der Waals surface area contributed by atoms with Crippen molar-refractivity contribution in [1.82, 2.24) is 15.1 Å². The van der Waals surface area contributed by atoms with Gasteiger partial charge in [-0.25, -0.2) is 9.18 Å². The largest absolute Gasteiger partial charge is 0.338 e. The fourth-order valence-electron chi connectivity index (χ4n) is 3.65. The lowest BCUT2D eigenvalue weighted by Crippen LogP contribution is -2.41. The third-order valence-electron chi connectivity index (χ3n) is 5.43. The van der Waals surface area contributed by atoms with Crippen molar-refractivity contribution in [2.24, 2.45) is 0 Å². The third-order valence-corrected chi connectivity index (χ3v) is 5.43. The van der Waals surface area contributed by atoms with E-state index in [-0.39, 0.29) is 23.8 Å². The van der Waals surface area contributed by atoms with Crippen molar-refractivity contribution >= 4 is 11.9 Å². The van der Waals surface area contributed by atoms with Crippen molar-refractivity contribution in [1.29, 1.82) is 0 Å². The smallest absolute Gasteiger partial charge is 0.318 e. The molecule has 2 aromatic carbocycles. The maximum Gasteiger partial charge on any atom is 0.318 e. The standard InChI is InChI=1S/C23H28FN3O2/c1-3-27(17(2)20-10-12-21(24)13-11-20)23(29)25-15-18-6-8-19(9-7-18)16-26-14-4-5-22(26)28/h6-13,17H,3-5,14-16H2,1-2H3,(H,25,29). The van der Waals surface area contributed by atoms with Crippen LogP contribution in [-0.2, 0) is 17.9 Å². The molecule has 1 unspecified atom stereocenters. The van der Waals surface area contributed by atoms with Crippen LogP contribution in [0.25, 0.3) is 0 Å². The number of benzene rings is 2. The fraction of sp³-hybridized carbons (Fsp3) is 0.391. The summed E-state index contributed by atoms with van der Waals surface area (Å²) in [7, 11) is 0. The first-order chi connectivity index (χ1) is 14.0. The Labute approximate surface area is 171 Å². The Morgan fingerprint density at radius 3 is 2.38 bits per heavy atom. The van der Waals surface area contributed by atoms with Gasteiger partial charge >= 0.3 is 6.03 Å². The molecule has 3 amide bonds. The van der Waals surface area contributed by atoms with Crippen molar-refractivity contribution in [3.05, 3.63) is 71.0 Å². The van der Waals surface area contributed by atoms with Gasteiger partial charge in [-0.3, -0.25) is 4.79 Å². The second-order valence-corrected chi connectivity index (χ2v) is 7.41. The average Bonchev–Trinajstić information content (AvgIpc) is 3.13. The van der Waals surface area contributed by atoms with Crippen molar-refractivity contribution < 1.29 is 14.0 Å². The van der Waals surface area contributed by atoms with Crippen LogP contribution in [0.5, 0.6) is 0 Å². The average molecular weight is 397 g/mol. The Morgan fingerprint density at radius 2 is 1.79 bits per heavy atom. The molecule has 0 spiro atoms. The maximum absolute atomic E-state index is 13.1. The predicted octanol–water partition coefficient (Wildman–Crippen LogP) is 4.24. The molecule has 1 aliphatic rings. The number of nitrogens with one attached hydrogen (secondary N) is 1. The monoisotopic (exact) mass is 397 g/mol. The molecule has 1 saturated heterocycles. The second-order valence-electron chi connectivity index (χ2n) is 7.41. The van der Waals surface area contributed by atoms with Crippen LogP contribution in [0, 0.1) is 5.82 Å². The van der Waals surface area contributed by atoms with E-state index in [1.54, 1.807) is 17.0 Å². The molecule has 0 aliphatic carbocycles. The van der Waals surface area contributed by atoms with Crippen molar-refractivity contribution in [2.45, 2.75) is 45.8 Å². The highest BCUT2D eigenvalue weighted by atomic mass is 19.1. The summed E-state index contributed by atoms with van der Waals surface area (Å²) in [5.41, 5.74) is 2.99. The number of urea groups is 1. The summed E-state index contributed by atoms with van der Waals surface area (Å²) in [5, 5.41) is 2.96. The number of nitrogens with zero attached hydrogens (tertiary/aromatic N) is 2. The van der Waals surface area contributed by atoms with E-state index >= 15 is 0 Å².